The topological polar surface area (TPSA) is 61.4 Å². The zero-order valence-electron chi connectivity index (χ0n) is 12.6. The van der Waals surface area contributed by atoms with Crippen LogP contribution in [0.15, 0.2) is 24.3 Å². The number of halogens is 1. The highest BCUT2D eigenvalue weighted by Crippen LogP contribution is 2.26. The molecular formula is C15H22ClN3O2. The molecule has 0 aromatic heterocycles. The van der Waals surface area contributed by atoms with Crippen LogP contribution in [0.25, 0.3) is 0 Å². The van der Waals surface area contributed by atoms with Gasteiger partial charge in [-0.2, -0.15) is 0 Å². The van der Waals surface area contributed by atoms with Crippen LogP contribution in [0, 0.1) is 5.41 Å². The highest BCUT2D eigenvalue weighted by Gasteiger charge is 2.36. The van der Waals surface area contributed by atoms with Crippen molar-refractivity contribution in [1.82, 2.24) is 10.2 Å². The van der Waals surface area contributed by atoms with Gasteiger partial charge >= 0.3 is 0 Å². The summed E-state index contributed by atoms with van der Waals surface area (Å²) in [6.07, 6.45) is 0.829. The molecule has 1 aliphatic heterocycles. The van der Waals surface area contributed by atoms with Crippen molar-refractivity contribution >= 4 is 29.9 Å². The van der Waals surface area contributed by atoms with Gasteiger partial charge in [0.05, 0.1) is 5.41 Å². The minimum Gasteiger partial charge on any atom is -0.345 e. The van der Waals surface area contributed by atoms with E-state index >= 15 is 0 Å². The molecule has 0 aliphatic carbocycles. The summed E-state index contributed by atoms with van der Waals surface area (Å²) in [5.41, 5.74) is 0.861. The van der Waals surface area contributed by atoms with Crippen LogP contribution < -0.4 is 10.6 Å². The van der Waals surface area contributed by atoms with E-state index in [0.717, 1.165) is 13.0 Å². The molecule has 5 nitrogen and oxygen atoms in total. The Morgan fingerprint density at radius 1 is 1.33 bits per heavy atom. The molecule has 1 aliphatic rings. The van der Waals surface area contributed by atoms with Crippen molar-refractivity contribution in [1.29, 1.82) is 0 Å². The van der Waals surface area contributed by atoms with E-state index in [1.807, 2.05) is 6.92 Å². The Morgan fingerprint density at radius 2 is 2.05 bits per heavy atom. The Labute approximate surface area is 131 Å². The van der Waals surface area contributed by atoms with E-state index in [9.17, 15) is 9.59 Å². The van der Waals surface area contributed by atoms with Gasteiger partial charge in [0.25, 0.3) is 5.91 Å². The average Bonchev–Trinajstić information content (AvgIpc) is 2.86. The highest BCUT2D eigenvalue weighted by atomic mass is 35.5. The van der Waals surface area contributed by atoms with Crippen molar-refractivity contribution < 1.29 is 9.59 Å². The largest absolute Gasteiger partial charge is 0.345 e. The molecule has 1 saturated heterocycles. The number of nitrogens with zero attached hydrogens (tertiary/aromatic N) is 1. The predicted molar refractivity (Wildman–Crippen MR) is 85.9 cm³/mol. The summed E-state index contributed by atoms with van der Waals surface area (Å²) in [6.45, 7) is 3.51. The van der Waals surface area contributed by atoms with Crippen LogP contribution in [0.1, 0.15) is 23.7 Å². The number of anilines is 1. The second-order valence-electron chi connectivity index (χ2n) is 5.72. The van der Waals surface area contributed by atoms with Gasteiger partial charge in [-0.25, -0.2) is 0 Å². The minimum absolute atomic E-state index is 0. The van der Waals surface area contributed by atoms with Crippen molar-refractivity contribution in [2.75, 3.05) is 32.5 Å². The van der Waals surface area contributed by atoms with Crippen LogP contribution in [0.2, 0.25) is 0 Å². The molecule has 0 bridgehead atoms. The number of carbonyl (C=O) groups is 2. The lowest BCUT2D eigenvalue weighted by molar-refractivity contribution is -0.123. The van der Waals surface area contributed by atoms with Crippen molar-refractivity contribution in [3.8, 4) is 0 Å². The Hall–Kier alpha value is -1.59. The van der Waals surface area contributed by atoms with Gasteiger partial charge in [0, 0.05) is 31.9 Å². The van der Waals surface area contributed by atoms with Crippen LogP contribution in [0.4, 0.5) is 5.69 Å². The molecule has 1 unspecified atom stereocenters. The first kappa shape index (κ1) is 17.5. The van der Waals surface area contributed by atoms with Gasteiger partial charge in [-0.05, 0) is 38.1 Å². The summed E-state index contributed by atoms with van der Waals surface area (Å²) in [6, 6.07) is 7.04. The van der Waals surface area contributed by atoms with Crippen LogP contribution in [0.3, 0.4) is 0 Å². The maximum absolute atomic E-state index is 12.3. The lowest BCUT2D eigenvalue weighted by Crippen LogP contribution is -2.35. The molecule has 1 aromatic rings. The molecule has 1 atom stereocenters. The fourth-order valence-electron chi connectivity index (χ4n) is 2.28. The first-order chi connectivity index (χ1) is 9.42. The SMILES string of the molecule is CN(C)C(=O)c1cccc(NC(=O)C2(C)CCNC2)c1.Cl. The van der Waals surface area contributed by atoms with Crippen LogP contribution in [-0.2, 0) is 4.79 Å². The molecule has 0 saturated carbocycles. The average molecular weight is 312 g/mol. The van der Waals surface area contributed by atoms with Gasteiger partial charge in [-0.1, -0.05) is 6.07 Å². The molecule has 2 amide bonds. The van der Waals surface area contributed by atoms with Crippen molar-refractivity contribution in [3.05, 3.63) is 29.8 Å². The third-order valence-corrected chi connectivity index (χ3v) is 3.69. The summed E-state index contributed by atoms with van der Waals surface area (Å²) < 4.78 is 0. The Balaban J connectivity index is 0.00000220. The second-order valence-corrected chi connectivity index (χ2v) is 5.72. The summed E-state index contributed by atoms with van der Waals surface area (Å²) in [4.78, 5) is 25.7. The number of benzene rings is 1. The van der Waals surface area contributed by atoms with Crippen molar-refractivity contribution in [3.63, 3.8) is 0 Å². The first-order valence-electron chi connectivity index (χ1n) is 6.76. The monoisotopic (exact) mass is 311 g/mol. The number of carbonyl (C=O) groups excluding carboxylic acids is 2. The third kappa shape index (κ3) is 3.95. The number of amides is 2. The molecule has 2 rings (SSSR count). The van der Waals surface area contributed by atoms with Crippen LogP contribution in [0.5, 0.6) is 0 Å². The van der Waals surface area contributed by atoms with E-state index in [-0.39, 0.29) is 29.6 Å². The Morgan fingerprint density at radius 3 is 2.62 bits per heavy atom. The van der Waals surface area contributed by atoms with E-state index in [1.165, 1.54) is 4.90 Å². The zero-order valence-corrected chi connectivity index (χ0v) is 13.4. The zero-order chi connectivity index (χ0) is 14.8. The lowest BCUT2D eigenvalue weighted by atomic mass is 9.88. The fraction of sp³-hybridized carbons (Fsp3) is 0.467. The number of rotatable bonds is 3. The number of hydrogen-bond donors (Lipinski definition) is 2. The molecule has 116 valence electrons. The molecule has 6 heteroatoms. The molecule has 1 aromatic carbocycles. The molecular weight excluding hydrogens is 290 g/mol. The first-order valence-corrected chi connectivity index (χ1v) is 6.76. The van der Waals surface area contributed by atoms with E-state index in [2.05, 4.69) is 10.6 Å². The standard InChI is InChI=1S/C15H21N3O2.ClH/c1-15(7-8-16-10-15)14(20)17-12-6-4-5-11(9-12)13(19)18(2)3;/h4-6,9,16H,7-8,10H2,1-3H3,(H,17,20);1H. The summed E-state index contributed by atoms with van der Waals surface area (Å²) >= 11 is 0. The van der Waals surface area contributed by atoms with E-state index in [0.29, 0.717) is 17.8 Å². The minimum atomic E-state index is -0.373. The second kappa shape index (κ2) is 6.91. The summed E-state index contributed by atoms with van der Waals surface area (Å²) in [7, 11) is 3.41. The molecule has 2 N–H and O–H groups in total. The fourth-order valence-corrected chi connectivity index (χ4v) is 2.28. The summed E-state index contributed by atoms with van der Waals surface area (Å²) in [5, 5.41) is 6.11. The molecule has 1 fully saturated rings. The highest BCUT2D eigenvalue weighted by molar-refractivity contribution is 5.98. The lowest BCUT2D eigenvalue weighted by Gasteiger charge is -2.21. The van der Waals surface area contributed by atoms with Gasteiger partial charge < -0.3 is 15.5 Å². The molecule has 1 heterocycles. The van der Waals surface area contributed by atoms with Crippen LogP contribution >= 0.6 is 12.4 Å². The maximum Gasteiger partial charge on any atom is 0.253 e. The van der Waals surface area contributed by atoms with Crippen molar-refractivity contribution in [2.45, 2.75) is 13.3 Å². The normalized spacial score (nSPS) is 20.5. The quantitative estimate of drug-likeness (QED) is 0.894. The smallest absolute Gasteiger partial charge is 0.253 e. The number of nitrogens with one attached hydrogen (secondary N) is 2. The van der Waals surface area contributed by atoms with Gasteiger partial charge in [0.15, 0.2) is 0 Å². The molecule has 21 heavy (non-hydrogen) atoms. The van der Waals surface area contributed by atoms with E-state index in [1.54, 1.807) is 38.4 Å². The predicted octanol–water partition coefficient (Wildman–Crippen LogP) is 1.75. The molecule has 0 radical (unpaired) electrons. The van der Waals surface area contributed by atoms with Crippen molar-refractivity contribution in [2.24, 2.45) is 5.41 Å². The van der Waals surface area contributed by atoms with E-state index in [4.69, 9.17) is 0 Å². The molecule has 0 spiro atoms. The Kier molecular flexibility index (Phi) is 5.75. The third-order valence-electron chi connectivity index (χ3n) is 3.69. The van der Waals surface area contributed by atoms with Gasteiger partial charge in [-0.15, -0.1) is 12.4 Å². The number of hydrogen-bond acceptors (Lipinski definition) is 3. The van der Waals surface area contributed by atoms with Gasteiger partial charge in [0.2, 0.25) is 5.91 Å². The Bertz CT molecular complexity index is 525. The van der Waals surface area contributed by atoms with E-state index < -0.39 is 0 Å². The van der Waals surface area contributed by atoms with Gasteiger partial charge in [-0.3, -0.25) is 9.59 Å². The summed E-state index contributed by atoms with van der Waals surface area (Å²) in [5.74, 6) is -0.0770. The maximum atomic E-state index is 12.3. The van der Waals surface area contributed by atoms with Gasteiger partial charge in [0.1, 0.15) is 0 Å². The van der Waals surface area contributed by atoms with Crippen LogP contribution in [-0.4, -0.2) is 43.9 Å².